The summed E-state index contributed by atoms with van der Waals surface area (Å²) in [5.74, 6) is 0.772. The highest BCUT2D eigenvalue weighted by atomic mass is 16.5. The Morgan fingerprint density at radius 2 is 2.20 bits per heavy atom. The Morgan fingerprint density at radius 3 is 3.00 bits per heavy atom. The molecule has 1 nitrogen and oxygen atoms in total. The largest absolute Gasteiger partial charge is 0.497 e. The molecule has 0 aromatic carbocycles. The minimum atomic E-state index is 0.550. The third-order valence-electron chi connectivity index (χ3n) is 2.72. The quantitative estimate of drug-likeness (QED) is 0.499. The Bertz CT molecular complexity index is 160. The van der Waals surface area contributed by atoms with Gasteiger partial charge in [0.15, 0.2) is 0 Å². The lowest BCUT2D eigenvalue weighted by Crippen LogP contribution is -2.22. The van der Waals surface area contributed by atoms with Gasteiger partial charge in [0.25, 0.3) is 0 Å². The van der Waals surface area contributed by atoms with E-state index in [4.69, 9.17) is 4.74 Å². The van der Waals surface area contributed by atoms with E-state index in [2.05, 4.69) is 6.92 Å². The van der Waals surface area contributed by atoms with Gasteiger partial charge in [0, 0.05) is 5.92 Å². The van der Waals surface area contributed by atoms with Crippen LogP contribution in [-0.4, -0.2) is 6.10 Å². The van der Waals surface area contributed by atoms with Gasteiger partial charge < -0.3 is 4.74 Å². The van der Waals surface area contributed by atoms with Crippen molar-refractivity contribution in [3.63, 3.8) is 0 Å². The molecule has 10 heavy (non-hydrogen) atoms. The van der Waals surface area contributed by atoms with Crippen molar-refractivity contribution >= 4 is 0 Å². The van der Waals surface area contributed by atoms with Gasteiger partial charge in [0.2, 0.25) is 0 Å². The summed E-state index contributed by atoms with van der Waals surface area (Å²) in [6, 6.07) is 0. The average Bonchev–Trinajstić information content (AvgIpc) is 2.34. The first-order chi connectivity index (χ1) is 4.88. The average molecular weight is 138 g/mol. The molecule has 2 aliphatic rings. The zero-order valence-corrected chi connectivity index (χ0v) is 6.47. The maximum Gasteiger partial charge on any atom is 0.104 e. The fraction of sp³-hybridized carbons (Fsp3) is 0.778. The molecular weight excluding hydrogens is 124 g/mol. The van der Waals surface area contributed by atoms with Crippen LogP contribution < -0.4 is 0 Å². The summed E-state index contributed by atoms with van der Waals surface area (Å²) in [5.41, 5.74) is 1.46. The summed E-state index contributed by atoms with van der Waals surface area (Å²) < 4.78 is 5.51. The van der Waals surface area contributed by atoms with Crippen LogP contribution in [-0.2, 0) is 4.74 Å². The van der Waals surface area contributed by atoms with E-state index in [0.29, 0.717) is 6.10 Å². The molecule has 0 saturated heterocycles. The third-order valence-corrected chi connectivity index (χ3v) is 2.72. The molecule has 0 bridgehead atoms. The number of ether oxygens (including phenoxy) is 1. The molecule has 1 aliphatic carbocycles. The topological polar surface area (TPSA) is 9.23 Å². The Kier molecular flexibility index (Phi) is 1.44. The van der Waals surface area contributed by atoms with E-state index in [0.717, 1.165) is 5.92 Å². The van der Waals surface area contributed by atoms with E-state index in [1.807, 2.05) is 6.26 Å². The van der Waals surface area contributed by atoms with Crippen LogP contribution in [0.25, 0.3) is 0 Å². The first-order valence-corrected chi connectivity index (χ1v) is 4.20. The van der Waals surface area contributed by atoms with E-state index < -0.39 is 0 Å². The molecule has 1 saturated carbocycles. The van der Waals surface area contributed by atoms with Crippen LogP contribution in [0.15, 0.2) is 11.8 Å². The van der Waals surface area contributed by atoms with Crippen LogP contribution in [0.2, 0.25) is 0 Å². The zero-order valence-electron chi connectivity index (χ0n) is 6.47. The van der Waals surface area contributed by atoms with Crippen LogP contribution in [0.3, 0.4) is 0 Å². The van der Waals surface area contributed by atoms with Gasteiger partial charge in [-0.3, -0.25) is 0 Å². The van der Waals surface area contributed by atoms with Gasteiger partial charge in [-0.05, 0) is 31.8 Å². The minimum absolute atomic E-state index is 0.550. The monoisotopic (exact) mass is 138 g/mol. The lowest BCUT2D eigenvalue weighted by molar-refractivity contribution is 0.0993. The van der Waals surface area contributed by atoms with Gasteiger partial charge in [0.1, 0.15) is 6.10 Å². The first-order valence-electron chi connectivity index (χ1n) is 4.20. The molecule has 0 spiro atoms. The van der Waals surface area contributed by atoms with Crippen molar-refractivity contribution in [2.24, 2.45) is 5.92 Å². The minimum Gasteiger partial charge on any atom is -0.497 e. The summed E-state index contributed by atoms with van der Waals surface area (Å²) in [7, 11) is 0. The fourth-order valence-corrected chi connectivity index (χ4v) is 2.06. The molecule has 2 unspecified atom stereocenters. The van der Waals surface area contributed by atoms with Crippen molar-refractivity contribution < 1.29 is 4.74 Å². The molecule has 1 fully saturated rings. The van der Waals surface area contributed by atoms with Crippen molar-refractivity contribution in [1.29, 1.82) is 0 Å². The first kappa shape index (κ1) is 6.26. The standard InChI is InChI=1S/C9H14O/c1-7-6-10-9-5-3-2-4-8(7)9/h6,8-9H,2-5H2,1H3. The maximum absolute atomic E-state index is 5.51. The highest BCUT2D eigenvalue weighted by molar-refractivity contribution is 5.09. The predicted octanol–water partition coefficient (Wildman–Crippen LogP) is 2.48. The molecule has 1 aliphatic heterocycles. The van der Waals surface area contributed by atoms with Gasteiger partial charge in [-0.2, -0.15) is 0 Å². The van der Waals surface area contributed by atoms with E-state index in [1.54, 1.807) is 0 Å². The van der Waals surface area contributed by atoms with Crippen LogP contribution >= 0.6 is 0 Å². The molecule has 56 valence electrons. The van der Waals surface area contributed by atoms with Crippen LogP contribution in [0.4, 0.5) is 0 Å². The summed E-state index contributed by atoms with van der Waals surface area (Å²) in [6.45, 7) is 2.19. The van der Waals surface area contributed by atoms with Crippen molar-refractivity contribution in [2.75, 3.05) is 0 Å². The van der Waals surface area contributed by atoms with Gasteiger partial charge in [-0.15, -0.1) is 0 Å². The zero-order chi connectivity index (χ0) is 6.97. The van der Waals surface area contributed by atoms with E-state index in [9.17, 15) is 0 Å². The summed E-state index contributed by atoms with van der Waals surface area (Å²) >= 11 is 0. The fourth-order valence-electron chi connectivity index (χ4n) is 2.06. The molecule has 1 heteroatoms. The highest BCUT2D eigenvalue weighted by Crippen LogP contribution is 2.36. The molecule has 0 radical (unpaired) electrons. The molecule has 0 amide bonds. The van der Waals surface area contributed by atoms with Crippen molar-refractivity contribution in [3.05, 3.63) is 11.8 Å². The molecular formula is C9H14O. The molecule has 0 aromatic rings. The Morgan fingerprint density at radius 1 is 1.40 bits per heavy atom. The van der Waals surface area contributed by atoms with Crippen LogP contribution in [0, 0.1) is 5.92 Å². The lowest BCUT2D eigenvalue weighted by Gasteiger charge is -2.24. The van der Waals surface area contributed by atoms with Crippen LogP contribution in [0.5, 0.6) is 0 Å². The summed E-state index contributed by atoms with van der Waals surface area (Å²) in [4.78, 5) is 0. The van der Waals surface area contributed by atoms with Crippen molar-refractivity contribution in [2.45, 2.75) is 38.7 Å². The van der Waals surface area contributed by atoms with Gasteiger partial charge in [-0.1, -0.05) is 6.42 Å². The number of hydrogen-bond acceptors (Lipinski definition) is 1. The molecule has 0 N–H and O–H groups in total. The van der Waals surface area contributed by atoms with Gasteiger partial charge in [0.05, 0.1) is 6.26 Å². The Balaban J connectivity index is 2.08. The van der Waals surface area contributed by atoms with Crippen molar-refractivity contribution in [1.82, 2.24) is 0 Å². The Hall–Kier alpha value is -0.460. The highest BCUT2D eigenvalue weighted by Gasteiger charge is 2.31. The lowest BCUT2D eigenvalue weighted by atomic mass is 9.84. The molecule has 2 atom stereocenters. The summed E-state index contributed by atoms with van der Waals surface area (Å²) in [5, 5.41) is 0. The molecule has 2 rings (SSSR count). The second-order valence-corrected chi connectivity index (χ2v) is 3.43. The Labute approximate surface area is 62.1 Å². The van der Waals surface area contributed by atoms with E-state index in [-0.39, 0.29) is 0 Å². The predicted molar refractivity (Wildman–Crippen MR) is 40.6 cm³/mol. The third kappa shape index (κ3) is 0.845. The van der Waals surface area contributed by atoms with Gasteiger partial charge >= 0.3 is 0 Å². The van der Waals surface area contributed by atoms with Crippen molar-refractivity contribution in [3.8, 4) is 0 Å². The van der Waals surface area contributed by atoms with E-state index >= 15 is 0 Å². The second kappa shape index (κ2) is 2.30. The van der Waals surface area contributed by atoms with Gasteiger partial charge in [-0.25, -0.2) is 0 Å². The molecule has 0 aromatic heterocycles. The number of rotatable bonds is 0. The maximum atomic E-state index is 5.51. The SMILES string of the molecule is CC1=COC2CCCCC12. The molecule has 1 heterocycles. The summed E-state index contributed by atoms with van der Waals surface area (Å²) in [6.07, 6.45) is 7.90. The van der Waals surface area contributed by atoms with E-state index in [1.165, 1.54) is 31.3 Å². The second-order valence-electron chi connectivity index (χ2n) is 3.43. The van der Waals surface area contributed by atoms with Crippen LogP contribution in [0.1, 0.15) is 32.6 Å². The normalized spacial score (nSPS) is 38.3. The smallest absolute Gasteiger partial charge is 0.104 e. The number of fused-ring (bicyclic) bond motifs is 1. The number of hydrogen-bond donors (Lipinski definition) is 0.